The van der Waals surface area contributed by atoms with Gasteiger partial charge in [-0.05, 0) is 36.4 Å². The Hall–Kier alpha value is -3.03. The standard InChI is InChI=1S/C19H11ClFN3O2S/c20-17-13-5-4-11(21)9-15(13)27-18(17)19(26)22-12-3-1-2-10(8-12)14-6-7-16(25)24-23-14/h1-9H,(H,22,26)(H,24,25). The molecule has 8 heteroatoms. The fraction of sp³-hybridized carbons (Fsp3) is 0. The second kappa shape index (κ2) is 6.94. The number of thiophene rings is 1. The van der Waals surface area contributed by atoms with Crippen LogP contribution < -0.4 is 10.9 Å². The number of nitrogens with one attached hydrogen (secondary N) is 2. The lowest BCUT2D eigenvalue weighted by Crippen LogP contribution is -2.10. The normalized spacial score (nSPS) is 10.9. The monoisotopic (exact) mass is 399 g/mol. The van der Waals surface area contributed by atoms with Crippen molar-refractivity contribution >= 4 is 44.6 Å². The SMILES string of the molecule is O=C(Nc1cccc(-c2ccc(=O)[nH]n2)c1)c1sc2cc(F)ccc2c1Cl. The number of benzene rings is 2. The maximum absolute atomic E-state index is 13.4. The summed E-state index contributed by atoms with van der Waals surface area (Å²) in [4.78, 5) is 24.1. The smallest absolute Gasteiger partial charge is 0.267 e. The van der Waals surface area contributed by atoms with Gasteiger partial charge in [0.1, 0.15) is 10.7 Å². The first-order valence-electron chi connectivity index (χ1n) is 7.86. The fourth-order valence-electron chi connectivity index (χ4n) is 2.63. The Morgan fingerprint density at radius 2 is 2.00 bits per heavy atom. The van der Waals surface area contributed by atoms with Crippen molar-refractivity contribution in [3.05, 3.63) is 80.7 Å². The Bertz CT molecular complexity index is 1210. The molecule has 0 spiro atoms. The molecule has 2 N–H and O–H groups in total. The Morgan fingerprint density at radius 3 is 2.78 bits per heavy atom. The van der Waals surface area contributed by atoms with E-state index in [0.717, 1.165) is 16.9 Å². The Morgan fingerprint density at radius 1 is 1.15 bits per heavy atom. The highest BCUT2D eigenvalue weighted by Gasteiger charge is 2.18. The minimum absolute atomic E-state index is 0.293. The van der Waals surface area contributed by atoms with Crippen LogP contribution in [0.5, 0.6) is 0 Å². The minimum Gasteiger partial charge on any atom is -0.321 e. The summed E-state index contributed by atoms with van der Waals surface area (Å²) >= 11 is 7.43. The average Bonchev–Trinajstić information content (AvgIpc) is 2.98. The molecule has 0 unspecified atom stereocenters. The van der Waals surface area contributed by atoms with E-state index in [9.17, 15) is 14.0 Å². The van der Waals surface area contributed by atoms with Gasteiger partial charge in [0.2, 0.25) is 0 Å². The molecule has 0 bridgehead atoms. The molecular weight excluding hydrogens is 389 g/mol. The first-order valence-corrected chi connectivity index (χ1v) is 9.06. The number of aromatic nitrogens is 2. The highest BCUT2D eigenvalue weighted by molar-refractivity contribution is 7.21. The Labute approximate surface area is 161 Å². The molecule has 27 heavy (non-hydrogen) atoms. The minimum atomic E-state index is -0.381. The quantitative estimate of drug-likeness (QED) is 0.524. The van der Waals surface area contributed by atoms with Crippen molar-refractivity contribution in [3.63, 3.8) is 0 Å². The summed E-state index contributed by atoms with van der Waals surface area (Å²) in [6.45, 7) is 0. The number of anilines is 1. The highest BCUT2D eigenvalue weighted by atomic mass is 35.5. The molecule has 0 aliphatic carbocycles. The number of carbonyl (C=O) groups excluding carboxylic acids is 1. The topological polar surface area (TPSA) is 74.8 Å². The van der Waals surface area contributed by atoms with Gasteiger partial charge in [0.25, 0.3) is 11.5 Å². The van der Waals surface area contributed by atoms with Crippen LogP contribution in [-0.4, -0.2) is 16.1 Å². The zero-order valence-electron chi connectivity index (χ0n) is 13.6. The van der Waals surface area contributed by atoms with Crippen LogP contribution in [-0.2, 0) is 0 Å². The van der Waals surface area contributed by atoms with Gasteiger partial charge >= 0.3 is 0 Å². The molecule has 0 radical (unpaired) electrons. The largest absolute Gasteiger partial charge is 0.321 e. The van der Waals surface area contributed by atoms with E-state index < -0.39 is 0 Å². The van der Waals surface area contributed by atoms with Crippen molar-refractivity contribution in [1.82, 2.24) is 10.2 Å². The first kappa shape index (κ1) is 17.4. The molecule has 0 aliphatic rings. The number of aromatic amines is 1. The first-order chi connectivity index (χ1) is 13.0. The number of hydrogen-bond acceptors (Lipinski definition) is 4. The van der Waals surface area contributed by atoms with Crippen molar-refractivity contribution in [1.29, 1.82) is 0 Å². The van der Waals surface area contributed by atoms with Crippen LogP contribution in [0.2, 0.25) is 5.02 Å². The predicted octanol–water partition coefficient (Wildman–Crippen LogP) is 4.70. The Kier molecular flexibility index (Phi) is 4.47. The van der Waals surface area contributed by atoms with Crippen molar-refractivity contribution in [2.75, 3.05) is 5.32 Å². The molecular formula is C19H11ClFN3O2S. The van der Waals surface area contributed by atoms with Crippen molar-refractivity contribution in [2.45, 2.75) is 0 Å². The third-order valence-electron chi connectivity index (χ3n) is 3.89. The van der Waals surface area contributed by atoms with Crippen LogP contribution in [0, 0.1) is 5.82 Å². The molecule has 0 aliphatic heterocycles. The van der Waals surface area contributed by atoms with Crippen LogP contribution >= 0.6 is 22.9 Å². The Balaban J connectivity index is 1.63. The zero-order valence-corrected chi connectivity index (χ0v) is 15.2. The van der Waals surface area contributed by atoms with E-state index in [1.807, 2.05) is 6.07 Å². The second-order valence-corrected chi connectivity index (χ2v) is 7.16. The summed E-state index contributed by atoms with van der Waals surface area (Å²) in [6.07, 6.45) is 0. The molecule has 0 saturated carbocycles. The summed E-state index contributed by atoms with van der Waals surface area (Å²) in [5.41, 5.74) is 1.55. The van der Waals surface area contributed by atoms with Crippen LogP contribution in [0.25, 0.3) is 21.3 Å². The average molecular weight is 400 g/mol. The highest BCUT2D eigenvalue weighted by Crippen LogP contribution is 2.36. The molecule has 0 fully saturated rings. The van der Waals surface area contributed by atoms with Crippen LogP contribution in [0.3, 0.4) is 0 Å². The van der Waals surface area contributed by atoms with Gasteiger partial charge in [-0.1, -0.05) is 23.7 Å². The maximum atomic E-state index is 13.4. The molecule has 2 aromatic carbocycles. The number of amides is 1. The lowest BCUT2D eigenvalue weighted by Gasteiger charge is -2.06. The van der Waals surface area contributed by atoms with E-state index in [1.54, 1.807) is 30.3 Å². The van der Waals surface area contributed by atoms with Crippen molar-refractivity contribution < 1.29 is 9.18 Å². The van der Waals surface area contributed by atoms with Gasteiger partial charge in [-0.25, -0.2) is 9.49 Å². The van der Waals surface area contributed by atoms with Crippen LogP contribution in [0.4, 0.5) is 10.1 Å². The summed E-state index contributed by atoms with van der Waals surface area (Å²) in [5.74, 6) is -0.762. The zero-order chi connectivity index (χ0) is 19.0. The van der Waals surface area contributed by atoms with E-state index >= 15 is 0 Å². The summed E-state index contributed by atoms with van der Waals surface area (Å²) in [7, 11) is 0. The number of rotatable bonds is 3. The third kappa shape index (κ3) is 3.47. The van der Waals surface area contributed by atoms with E-state index in [0.29, 0.717) is 31.4 Å². The van der Waals surface area contributed by atoms with E-state index in [1.165, 1.54) is 18.2 Å². The number of halogens is 2. The van der Waals surface area contributed by atoms with Gasteiger partial charge in [-0.2, -0.15) is 5.10 Å². The van der Waals surface area contributed by atoms with Gasteiger partial charge < -0.3 is 5.32 Å². The van der Waals surface area contributed by atoms with Gasteiger partial charge in [-0.15, -0.1) is 11.3 Å². The fourth-order valence-corrected chi connectivity index (χ4v) is 4.07. The van der Waals surface area contributed by atoms with Crippen molar-refractivity contribution in [3.8, 4) is 11.3 Å². The summed E-state index contributed by atoms with van der Waals surface area (Å²) < 4.78 is 14.0. The molecule has 2 heterocycles. The van der Waals surface area contributed by atoms with Gasteiger partial charge in [0.05, 0.1) is 10.7 Å². The molecule has 0 saturated heterocycles. The lowest BCUT2D eigenvalue weighted by molar-refractivity contribution is 0.103. The number of fused-ring (bicyclic) bond motifs is 1. The summed E-state index contributed by atoms with van der Waals surface area (Å²) in [5, 5.41) is 10.1. The third-order valence-corrected chi connectivity index (χ3v) is 5.55. The molecule has 134 valence electrons. The number of hydrogen-bond donors (Lipinski definition) is 2. The second-order valence-electron chi connectivity index (χ2n) is 5.73. The molecule has 4 rings (SSSR count). The van der Waals surface area contributed by atoms with Gasteiger partial charge in [-0.3, -0.25) is 9.59 Å². The molecule has 1 amide bonds. The molecule has 2 aromatic heterocycles. The predicted molar refractivity (Wildman–Crippen MR) is 105 cm³/mol. The number of H-pyrrole nitrogens is 1. The number of carbonyl (C=O) groups is 1. The van der Waals surface area contributed by atoms with Crippen LogP contribution in [0.15, 0.2) is 59.4 Å². The van der Waals surface area contributed by atoms with Gasteiger partial charge in [0.15, 0.2) is 0 Å². The molecule has 0 atom stereocenters. The van der Waals surface area contributed by atoms with Crippen LogP contribution in [0.1, 0.15) is 9.67 Å². The lowest BCUT2D eigenvalue weighted by atomic mass is 10.1. The molecule has 5 nitrogen and oxygen atoms in total. The van der Waals surface area contributed by atoms with E-state index in [4.69, 9.17) is 11.6 Å². The van der Waals surface area contributed by atoms with Crippen molar-refractivity contribution in [2.24, 2.45) is 0 Å². The molecule has 4 aromatic rings. The van der Waals surface area contributed by atoms with Gasteiger partial charge in [0, 0.05) is 27.4 Å². The van der Waals surface area contributed by atoms with E-state index in [-0.39, 0.29) is 17.3 Å². The van der Waals surface area contributed by atoms with E-state index in [2.05, 4.69) is 15.5 Å². The maximum Gasteiger partial charge on any atom is 0.267 e. The summed E-state index contributed by atoms with van der Waals surface area (Å²) in [6, 6.07) is 14.2. The number of nitrogens with zero attached hydrogens (tertiary/aromatic N) is 1.